The molecule has 4 nitrogen and oxygen atoms in total. The molecule has 0 aliphatic rings. The fourth-order valence-electron chi connectivity index (χ4n) is 3.03. The molecule has 6 heteroatoms. The van der Waals surface area contributed by atoms with Gasteiger partial charge >= 0.3 is 0 Å². The lowest BCUT2D eigenvalue weighted by Gasteiger charge is -2.10. The highest BCUT2D eigenvalue weighted by atomic mass is 19.1. The summed E-state index contributed by atoms with van der Waals surface area (Å²) in [5.74, 6) is -1.33. The van der Waals surface area contributed by atoms with Gasteiger partial charge in [0, 0.05) is 22.7 Å². The Morgan fingerprint density at radius 2 is 1.57 bits per heavy atom. The first-order valence-corrected chi connectivity index (χ1v) is 8.49. The summed E-state index contributed by atoms with van der Waals surface area (Å²) >= 11 is 0. The molecule has 0 saturated carbocycles. The molecule has 0 unspecified atom stereocenters. The van der Waals surface area contributed by atoms with E-state index in [2.05, 4.69) is 10.3 Å². The van der Waals surface area contributed by atoms with E-state index in [1.54, 1.807) is 36.4 Å². The first-order valence-electron chi connectivity index (χ1n) is 8.49. The van der Waals surface area contributed by atoms with Crippen molar-refractivity contribution >= 4 is 22.5 Å². The van der Waals surface area contributed by atoms with Crippen molar-refractivity contribution in [3.63, 3.8) is 0 Å². The van der Waals surface area contributed by atoms with Crippen molar-refractivity contribution in [2.24, 2.45) is 0 Å². The summed E-state index contributed by atoms with van der Waals surface area (Å²) in [5.41, 5.74) is 2.05. The lowest BCUT2D eigenvalue weighted by atomic mass is 10.0. The van der Waals surface area contributed by atoms with E-state index in [0.717, 1.165) is 11.1 Å². The predicted molar refractivity (Wildman–Crippen MR) is 104 cm³/mol. The maximum atomic E-state index is 13.3. The molecule has 0 fully saturated rings. The van der Waals surface area contributed by atoms with Crippen LogP contribution in [0.1, 0.15) is 10.4 Å². The zero-order valence-electron chi connectivity index (χ0n) is 14.5. The highest BCUT2D eigenvalue weighted by Gasteiger charge is 2.13. The maximum absolute atomic E-state index is 13.3. The lowest BCUT2D eigenvalue weighted by molar-refractivity contribution is 0.102. The number of rotatable bonds is 3. The van der Waals surface area contributed by atoms with Gasteiger partial charge in [-0.25, -0.2) is 8.78 Å². The fourth-order valence-corrected chi connectivity index (χ4v) is 3.03. The largest absolute Gasteiger partial charge is 0.322 e. The Bertz CT molecular complexity index is 1250. The Kier molecular flexibility index (Phi) is 4.45. The van der Waals surface area contributed by atoms with E-state index < -0.39 is 17.3 Å². The van der Waals surface area contributed by atoms with Crippen LogP contribution in [0.5, 0.6) is 0 Å². The average molecular weight is 376 g/mol. The summed E-state index contributed by atoms with van der Waals surface area (Å²) in [4.78, 5) is 27.4. The second kappa shape index (κ2) is 7.08. The normalized spacial score (nSPS) is 10.8. The van der Waals surface area contributed by atoms with E-state index in [9.17, 15) is 18.4 Å². The molecule has 0 aliphatic carbocycles. The molecule has 1 heterocycles. The average Bonchev–Trinajstić information content (AvgIpc) is 2.67. The molecule has 0 aliphatic heterocycles. The van der Waals surface area contributed by atoms with E-state index in [1.807, 2.05) is 0 Å². The van der Waals surface area contributed by atoms with Gasteiger partial charge in [0.25, 0.3) is 5.91 Å². The quantitative estimate of drug-likeness (QED) is 0.543. The number of hydrogen-bond acceptors (Lipinski definition) is 2. The van der Waals surface area contributed by atoms with Crippen molar-refractivity contribution in [3.05, 3.63) is 100 Å². The maximum Gasteiger partial charge on any atom is 0.256 e. The number of carbonyl (C=O) groups excluding carboxylic acids is 1. The smallest absolute Gasteiger partial charge is 0.256 e. The molecular weight excluding hydrogens is 362 g/mol. The molecule has 0 spiro atoms. The number of amides is 1. The minimum Gasteiger partial charge on any atom is -0.322 e. The molecule has 0 bridgehead atoms. The van der Waals surface area contributed by atoms with Crippen LogP contribution in [0.2, 0.25) is 0 Å². The van der Waals surface area contributed by atoms with E-state index in [1.165, 1.54) is 36.4 Å². The van der Waals surface area contributed by atoms with E-state index >= 15 is 0 Å². The van der Waals surface area contributed by atoms with Crippen molar-refractivity contribution in [2.45, 2.75) is 0 Å². The summed E-state index contributed by atoms with van der Waals surface area (Å²) in [6, 6.07) is 17.9. The predicted octanol–water partition coefficient (Wildman–Crippen LogP) is 4.73. The molecule has 28 heavy (non-hydrogen) atoms. The monoisotopic (exact) mass is 376 g/mol. The van der Waals surface area contributed by atoms with Gasteiger partial charge in [-0.3, -0.25) is 9.59 Å². The zero-order valence-corrected chi connectivity index (χ0v) is 14.5. The van der Waals surface area contributed by atoms with Gasteiger partial charge in [-0.15, -0.1) is 0 Å². The number of H-pyrrole nitrogens is 1. The van der Waals surface area contributed by atoms with E-state index in [4.69, 9.17) is 0 Å². The molecule has 0 atom stereocenters. The molecule has 138 valence electrons. The third kappa shape index (κ3) is 3.53. The van der Waals surface area contributed by atoms with Crippen molar-refractivity contribution in [3.8, 4) is 11.1 Å². The van der Waals surface area contributed by atoms with Crippen molar-refractivity contribution in [2.75, 3.05) is 5.32 Å². The van der Waals surface area contributed by atoms with Crippen LogP contribution in [0, 0.1) is 11.6 Å². The first-order chi connectivity index (χ1) is 13.5. The van der Waals surface area contributed by atoms with Crippen molar-refractivity contribution < 1.29 is 13.6 Å². The fraction of sp³-hybridized carbons (Fsp3) is 0. The minimum absolute atomic E-state index is 0.175. The van der Waals surface area contributed by atoms with Crippen LogP contribution in [0.4, 0.5) is 14.5 Å². The summed E-state index contributed by atoms with van der Waals surface area (Å²) in [5, 5.41) is 3.14. The van der Waals surface area contributed by atoms with Crippen LogP contribution in [0.15, 0.2) is 77.6 Å². The third-order valence-corrected chi connectivity index (χ3v) is 4.35. The minimum atomic E-state index is -0.517. The van der Waals surface area contributed by atoms with Crippen molar-refractivity contribution in [1.29, 1.82) is 0 Å². The summed E-state index contributed by atoms with van der Waals surface area (Å²) in [6.07, 6.45) is 0. The second-order valence-corrected chi connectivity index (χ2v) is 6.28. The first kappa shape index (κ1) is 17.6. The number of fused-ring (bicyclic) bond motifs is 1. The molecule has 0 radical (unpaired) electrons. The Morgan fingerprint density at radius 1 is 0.821 bits per heavy atom. The Balaban J connectivity index is 1.75. The number of pyridine rings is 1. The number of aromatic amines is 1. The number of anilines is 1. The molecular formula is C22H14F2N2O2. The number of hydrogen-bond donors (Lipinski definition) is 2. The van der Waals surface area contributed by atoms with Gasteiger partial charge < -0.3 is 10.3 Å². The Hall–Kier alpha value is -3.80. The number of aromatic nitrogens is 1. The lowest BCUT2D eigenvalue weighted by Crippen LogP contribution is -2.17. The van der Waals surface area contributed by atoms with Gasteiger partial charge in [0.15, 0.2) is 0 Å². The molecule has 4 rings (SSSR count). The molecule has 1 aromatic heterocycles. The van der Waals surface area contributed by atoms with Crippen molar-refractivity contribution in [1.82, 2.24) is 4.98 Å². The molecule has 0 saturated heterocycles. The number of benzene rings is 3. The summed E-state index contributed by atoms with van der Waals surface area (Å²) in [7, 11) is 0. The zero-order chi connectivity index (χ0) is 19.7. The van der Waals surface area contributed by atoms with Crippen LogP contribution in [0.25, 0.3) is 22.0 Å². The van der Waals surface area contributed by atoms with Crippen LogP contribution >= 0.6 is 0 Å². The highest BCUT2D eigenvalue weighted by Crippen LogP contribution is 2.25. The van der Waals surface area contributed by atoms with Gasteiger partial charge in [0.1, 0.15) is 11.6 Å². The van der Waals surface area contributed by atoms with Gasteiger partial charge in [-0.2, -0.15) is 0 Å². The Labute approximate surface area is 158 Å². The van der Waals surface area contributed by atoms with Crippen LogP contribution < -0.4 is 10.9 Å². The van der Waals surface area contributed by atoms with Gasteiger partial charge in [-0.05, 0) is 47.5 Å². The molecule has 1 amide bonds. The molecule has 2 N–H and O–H groups in total. The standard InChI is InChI=1S/C22H14F2N2O2/c23-15-7-4-13(5-8-15)14-6-9-18-19(12-21(27)26-20(18)10-14)22(28)25-17-3-1-2-16(24)11-17/h1-12H,(H,25,28)(H,26,27). The van der Waals surface area contributed by atoms with Crippen LogP contribution in [-0.4, -0.2) is 10.9 Å². The SMILES string of the molecule is O=C(Nc1cccc(F)c1)c1cc(=O)[nH]c2cc(-c3ccc(F)cc3)ccc12. The number of carbonyl (C=O) groups is 1. The van der Waals surface area contributed by atoms with Gasteiger partial charge in [0.05, 0.1) is 5.56 Å². The highest BCUT2D eigenvalue weighted by molar-refractivity contribution is 6.12. The topological polar surface area (TPSA) is 62.0 Å². The van der Waals surface area contributed by atoms with Gasteiger partial charge in [0.2, 0.25) is 5.56 Å². The summed E-state index contributed by atoms with van der Waals surface area (Å²) in [6.45, 7) is 0. The van der Waals surface area contributed by atoms with Crippen LogP contribution in [-0.2, 0) is 0 Å². The molecule has 4 aromatic rings. The van der Waals surface area contributed by atoms with Crippen LogP contribution in [0.3, 0.4) is 0 Å². The van der Waals surface area contributed by atoms with E-state index in [-0.39, 0.29) is 11.4 Å². The summed E-state index contributed by atoms with van der Waals surface area (Å²) < 4.78 is 26.5. The number of halogens is 2. The third-order valence-electron chi connectivity index (χ3n) is 4.35. The van der Waals surface area contributed by atoms with E-state index in [0.29, 0.717) is 16.6 Å². The number of nitrogens with one attached hydrogen (secondary N) is 2. The Morgan fingerprint density at radius 3 is 2.32 bits per heavy atom. The van der Waals surface area contributed by atoms with Gasteiger partial charge in [-0.1, -0.05) is 30.3 Å². The molecule has 3 aromatic carbocycles. The second-order valence-electron chi connectivity index (χ2n) is 6.28.